The summed E-state index contributed by atoms with van der Waals surface area (Å²) in [5, 5.41) is 0.323. The van der Waals surface area contributed by atoms with Gasteiger partial charge in [0.05, 0.1) is 27.8 Å². The molecular formula is C26H27ClN4O3S2. The van der Waals surface area contributed by atoms with E-state index in [1.807, 2.05) is 4.57 Å². The minimum Gasteiger partial charge on any atom is -0.429 e. The fraction of sp³-hybridized carbons (Fsp3) is 0.269. The number of hydrogen-bond donors (Lipinski definition) is 1. The predicted octanol–water partition coefficient (Wildman–Crippen LogP) is 5.81. The minimum absolute atomic E-state index is 0.0768. The van der Waals surface area contributed by atoms with Crippen molar-refractivity contribution in [3.63, 3.8) is 0 Å². The molecule has 1 N–H and O–H groups in total. The fourth-order valence-corrected chi connectivity index (χ4v) is 6.08. The first-order valence-electron chi connectivity index (χ1n) is 11.7. The highest BCUT2D eigenvalue weighted by Gasteiger charge is 2.22. The van der Waals surface area contributed by atoms with E-state index in [4.69, 9.17) is 28.2 Å². The normalized spacial score (nSPS) is 14.9. The molecule has 0 unspecified atom stereocenters. The van der Waals surface area contributed by atoms with E-state index < -0.39 is 10.0 Å². The van der Waals surface area contributed by atoms with E-state index in [1.54, 1.807) is 36.4 Å². The number of aryl methyl sites for hydroxylation is 1. The van der Waals surface area contributed by atoms with E-state index in [9.17, 15) is 8.42 Å². The van der Waals surface area contributed by atoms with Crippen molar-refractivity contribution in [2.24, 2.45) is 0 Å². The number of anilines is 2. The number of fused-ring (bicyclic) bond motifs is 1. The monoisotopic (exact) mass is 542 g/mol. The molecule has 1 aliphatic rings. The molecule has 4 aromatic rings. The molecule has 0 bridgehead atoms. The predicted molar refractivity (Wildman–Crippen MR) is 147 cm³/mol. The summed E-state index contributed by atoms with van der Waals surface area (Å²) in [6.45, 7) is 8.51. The lowest BCUT2D eigenvalue weighted by Gasteiger charge is -2.37. The van der Waals surface area contributed by atoms with Crippen molar-refractivity contribution in [3.8, 4) is 0 Å². The van der Waals surface area contributed by atoms with E-state index in [0.29, 0.717) is 27.8 Å². The van der Waals surface area contributed by atoms with Crippen LogP contribution in [0.1, 0.15) is 11.1 Å². The van der Waals surface area contributed by atoms with Crippen molar-refractivity contribution in [1.82, 2.24) is 9.47 Å². The molecule has 1 fully saturated rings. The number of benzene rings is 3. The molecular weight excluding hydrogens is 516 g/mol. The summed E-state index contributed by atoms with van der Waals surface area (Å²) < 4.78 is 36.1. The first-order valence-corrected chi connectivity index (χ1v) is 13.9. The maximum absolute atomic E-state index is 12.9. The molecule has 0 atom stereocenters. The number of sulfonamides is 1. The lowest BCUT2D eigenvalue weighted by atomic mass is 10.1. The SMILES string of the molecule is Cc1cccc(N2CCN(Cn3c(=S)oc4cc(S(=O)(=O)Nc5ccccc5Cl)ccc43)CC2)c1C. The quantitative estimate of drug-likeness (QED) is 0.310. The number of oxazole rings is 1. The number of halogens is 1. The molecule has 36 heavy (non-hydrogen) atoms. The van der Waals surface area contributed by atoms with Crippen LogP contribution in [0.4, 0.5) is 11.4 Å². The average molecular weight is 543 g/mol. The Kier molecular flexibility index (Phi) is 6.82. The van der Waals surface area contributed by atoms with Crippen molar-refractivity contribution in [2.75, 3.05) is 35.8 Å². The molecule has 7 nitrogen and oxygen atoms in total. The van der Waals surface area contributed by atoms with Crippen LogP contribution in [-0.2, 0) is 16.7 Å². The first kappa shape index (κ1) is 24.8. The Morgan fingerprint density at radius 2 is 1.75 bits per heavy atom. The highest BCUT2D eigenvalue weighted by atomic mass is 35.5. The Balaban J connectivity index is 1.32. The van der Waals surface area contributed by atoms with Crippen LogP contribution in [0.5, 0.6) is 0 Å². The van der Waals surface area contributed by atoms with Gasteiger partial charge in [0, 0.05) is 37.9 Å². The Bertz CT molecular complexity index is 1590. The number of piperazine rings is 1. The van der Waals surface area contributed by atoms with Gasteiger partial charge in [-0.15, -0.1) is 0 Å². The number of aromatic nitrogens is 1. The van der Waals surface area contributed by atoms with Gasteiger partial charge in [-0.05, 0) is 67.5 Å². The summed E-state index contributed by atoms with van der Waals surface area (Å²) in [6, 6.07) is 17.9. The van der Waals surface area contributed by atoms with E-state index in [0.717, 1.165) is 31.7 Å². The molecule has 0 amide bonds. The van der Waals surface area contributed by atoms with Crippen LogP contribution >= 0.6 is 23.8 Å². The minimum atomic E-state index is -3.85. The van der Waals surface area contributed by atoms with Gasteiger partial charge in [0.15, 0.2) is 5.58 Å². The Labute approximate surface area is 220 Å². The molecule has 1 aromatic heterocycles. The number of nitrogens with zero attached hydrogens (tertiary/aromatic N) is 3. The molecule has 10 heteroatoms. The molecule has 1 aliphatic heterocycles. The van der Waals surface area contributed by atoms with Crippen molar-refractivity contribution < 1.29 is 12.8 Å². The van der Waals surface area contributed by atoms with Gasteiger partial charge in [-0.1, -0.05) is 35.9 Å². The second kappa shape index (κ2) is 9.89. The van der Waals surface area contributed by atoms with Crippen LogP contribution in [0.15, 0.2) is 70.0 Å². The average Bonchev–Trinajstić information content (AvgIpc) is 3.17. The summed E-state index contributed by atoms with van der Waals surface area (Å²) in [5.74, 6) is 0. The molecule has 0 saturated carbocycles. The van der Waals surface area contributed by atoms with Crippen LogP contribution in [0, 0.1) is 18.7 Å². The highest BCUT2D eigenvalue weighted by molar-refractivity contribution is 7.92. The van der Waals surface area contributed by atoms with Gasteiger partial charge in [-0.25, -0.2) is 8.42 Å². The second-order valence-electron chi connectivity index (χ2n) is 8.98. The second-order valence-corrected chi connectivity index (χ2v) is 11.4. The van der Waals surface area contributed by atoms with Crippen LogP contribution in [0.2, 0.25) is 5.02 Å². The molecule has 2 heterocycles. The van der Waals surface area contributed by atoms with Gasteiger partial charge in [-0.3, -0.25) is 14.2 Å². The Morgan fingerprint density at radius 1 is 1.00 bits per heavy atom. The van der Waals surface area contributed by atoms with Crippen LogP contribution in [0.3, 0.4) is 0 Å². The third-order valence-corrected chi connectivity index (χ3v) is 8.70. The third kappa shape index (κ3) is 4.88. The summed E-state index contributed by atoms with van der Waals surface area (Å²) in [7, 11) is -3.85. The molecule has 3 aromatic carbocycles. The van der Waals surface area contributed by atoms with E-state index in [-0.39, 0.29) is 4.90 Å². The molecule has 0 spiro atoms. The fourth-order valence-electron chi connectivity index (χ4n) is 4.50. The molecule has 0 aliphatic carbocycles. The lowest BCUT2D eigenvalue weighted by Crippen LogP contribution is -2.47. The number of nitrogens with one attached hydrogen (secondary N) is 1. The molecule has 0 radical (unpaired) electrons. The topological polar surface area (TPSA) is 70.7 Å². The Morgan fingerprint density at radius 3 is 2.50 bits per heavy atom. The molecule has 5 rings (SSSR count). The highest BCUT2D eigenvalue weighted by Crippen LogP contribution is 2.28. The van der Waals surface area contributed by atoms with Gasteiger partial charge in [0.25, 0.3) is 14.9 Å². The maximum Gasteiger partial charge on any atom is 0.270 e. The number of hydrogen-bond acceptors (Lipinski definition) is 6. The number of para-hydroxylation sites is 1. The summed E-state index contributed by atoms with van der Waals surface area (Å²) in [4.78, 5) is 5.15. The van der Waals surface area contributed by atoms with Crippen molar-refractivity contribution in [1.29, 1.82) is 0 Å². The van der Waals surface area contributed by atoms with Crippen molar-refractivity contribution >= 4 is 56.3 Å². The van der Waals surface area contributed by atoms with Gasteiger partial charge < -0.3 is 9.32 Å². The van der Waals surface area contributed by atoms with E-state index >= 15 is 0 Å². The van der Waals surface area contributed by atoms with Gasteiger partial charge in [-0.2, -0.15) is 0 Å². The summed E-state index contributed by atoms with van der Waals surface area (Å²) in [6.07, 6.45) is 0. The van der Waals surface area contributed by atoms with E-state index in [2.05, 4.69) is 46.6 Å². The summed E-state index contributed by atoms with van der Waals surface area (Å²) >= 11 is 11.6. The molecule has 1 saturated heterocycles. The lowest BCUT2D eigenvalue weighted by molar-refractivity contribution is 0.204. The van der Waals surface area contributed by atoms with E-state index in [1.165, 1.54) is 22.9 Å². The number of rotatable bonds is 6. The largest absolute Gasteiger partial charge is 0.429 e. The zero-order valence-electron chi connectivity index (χ0n) is 20.1. The van der Waals surface area contributed by atoms with Gasteiger partial charge in [0.2, 0.25) is 0 Å². The van der Waals surface area contributed by atoms with Crippen LogP contribution < -0.4 is 9.62 Å². The van der Waals surface area contributed by atoms with Crippen molar-refractivity contribution in [3.05, 3.63) is 81.7 Å². The van der Waals surface area contributed by atoms with Crippen LogP contribution in [0.25, 0.3) is 11.1 Å². The Hall–Kier alpha value is -2.85. The molecule has 188 valence electrons. The van der Waals surface area contributed by atoms with Crippen LogP contribution in [-0.4, -0.2) is 44.1 Å². The smallest absolute Gasteiger partial charge is 0.270 e. The zero-order chi connectivity index (χ0) is 25.4. The first-order chi connectivity index (χ1) is 17.2. The standard InChI is InChI=1S/C26H27ClN4O3S2/c1-18-6-5-9-23(19(18)2)30-14-12-29(13-15-30)17-31-24-11-10-20(16-25(24)34-26(31)35)36(32,33)28-22-8-4-3-7-21(22)27/h3-11,16,28H,12-15,17H2,1-2H3. The van der Waals surface area contributed by atoms with Gasteiger partial charge in [0.1, 0.15) is 0 Å². The van der Waals surface area contributed by atoms with Gasteiger partial charge >= 0.3 is 0 Å². The summed E-state index contributed by atoms with van der Waals surface area (Å²) in [5.41, 5.74) is 5.42. The third-order valence-electron chi connectivity index (χ3n) is 6.70. The zero-order valence-corrected chi connectivity index (χ0v) is 22.5. The maximum atomic E-state index is 12.9. The van der Waals surface area contributed by atoms with Crippen molar-refractivity contribution in [2.45, 2.75) is 25.4 Å².